The standard InChI is InChI=1S/C25H26O2/c1-16(2)21-14-19(10-12-23(21)26)25(18-8-6-5-7-9-18)20-11-13-24(27)22(15-20)17(3)4/h5-17,26H,1-4H3/b25-20-. The summed E-state index contributed by atoms with van der Waals surface area (Å²) < 4.78 is 0. The Bertz CT molecular complexity index is 942. The molecule has 2 aromatic rings. The third kappa shape index (κ3) is 3.95. The van der Waals surface area contributed by atoms with Gasteiger partial charge in [-0.25, -0.2) is 0 Å². The highest BCUT2D eigenvalue weighted by molar-refractivity contribution is 6.07. The second-order valence-electron chi connectivity index (χ2n) is 7.58. The van der Waals surface area contributed by atoms with Crippen LogP contribution < -0.4 is 0 Å². The second kappa shape index (κ2) is 7.79. The van der Waals surface area contributed by atoms with E-state index in [0.29, 0.717) is 5.75 Å². The molecule has 2 aromatic carbocycles. The summed E-state index contributed by atoms with van der Waals surface area (Å²) in [6, 6.07) is 16.0. The molecule has 0 saturated carbocycles. The molecule has 0 unspecified atom stereocenters. The van der Waals surface area contributed by atoms with Crippen LogP contribution in [0.3, 0.4) is 0 Å². The van der Waals surface area contributed by atoms with Gasteiger partial charge in [0, 0.05) is 5.57 Å². The van der Waals surface area contributed by atoms with Crippen molar-refractivity contribution in [2.24, 2.45) is 5.92 Å². The number of rotatable bonds is 4. The van der Waals surface area contributed by atoms with Crippen LogP contribution in [0.25, 0.3) is 5.57 Å². The molecule has 1 aliphatic rings. The van der Waals surface area contributed by atoms with Crippen LogP contribution in [0.15, 0.2) is 77.9 Å². The van der Waals surface area contributed by atoms with E-state index >= 15 is 0 Å². The van der Waals surface area contributed by atoms with Gasteiger partial charge < -0.3 is 5.11 Å². The first-order valence-corrected chi connectivity index (χ1v) is 9.45. The van der Waals surface area contributed by atoms with Gasteiger partial charge in [-0.05, 0) is 64.0 Å². The molecule has 2 heteroatoms. The molecule has 1 aliphatic carbocycles. The number of benzene rings is 2. The van der Waals surface area contributed by atoms with Gasteiger partial charge in [-0.1, -0.05) is 70.2 Å². The molecule has 0 aliphatic heterocycles. The number of carbonyl (C=O) groups excluding carboxylic acids is 1. The summed E-state index contributed by atoms with van der Waals surface area (Å²) in [6.45, 7) is 8.23. The van der Waals surface area contributed by atoms with Crippen LogP contribution in [-0.2, 0) is 4.79 Å². The maximum absolute atomic E-state index is 12.3. The van der Waals surface area contributed by atoms with Gasteiger partial charge in [0.1, 0.15) is 5.75 Å². The molecule has 2 nitrogen and oxygen atoms in total. The van der Waals surface area contributed by atoms with Crippen LogP contribution in [0.5, 0.6) is 5.75 Å². The van der Waals surface area contributed by atoms with Crippen LogP contribution in [0.1, 0.15) is 50.3 Å². The maximum atomic E-state index is 12.3. The van der Waals surface area contributed by atoms with Crippen molar-refractivity contribution in [2.45, 2.75) is 33.6 Å². The molecule has 138 valence electrons. The van der Waals surface area contributed by atoms with Gasteiger partial charge in [-0.3, -0.25) is 4.79 Å². The van der Waals surface area contributed by atoms with Crippen LogP contribution >= 0.6 is 0 Å². The normalized spacial score (nSPS) is 16.1. The summed E-state index contributed by atoms with van der Waals surface area (Å²) in [5, 5.41) is 10.2. The number of phenolic OH excluding ortho intramolecular Hbond substituents is 1. The highest BCUT2D eigenvalue weighted by Gasteiger charge is 2.19. The summed E-state index contributed by atoms with van der Waals surface area (Å²) in [5.41, 5.74) is 5.96. The van der Waals surface area contributed by atoms with Crippen molar-refractivity contribution >= 4 is 11.4 Å². The highest BCUT2D eigenvalue weighted by atomic mass is 16.3. The Balaban J connectivity index is 2.27. The van der Waals surface area contributed by atoms with E-state index in [1.54, 1.807) is 12.1 Å². The van der Waals surface area contributed by atoms with Crippen molar-refractivity contribution in [3.05, 3.63) is 94.6 Å². The Labute approximate surface area is 161 Å². The third-order valence-electron chi connectivity index (χ3n) is 4.92. The van der Waals surface area contributed by atoms with E-state index in [9.17, 15) is 9.90 Å². The minimum Gasteiger partial charge on any atom is -0.508 e. The molecule has 27 heavy (non-hydrogen) atoms. The smallest absolute Gasteiger partial charge is 0.182 e. The Hall–Kier alpha value is -2.87. The predicted octanol–water partition coefficient (Wildman–Crippen LogP) is 6.04. The fraction of sp³-hybridized carbons (Fsp3) is 0.240. The molecule has 0 amide bonds. The third-order valence-corrected chi connectivity index (χ3v) is 4.92. The first-order valence-electron chi connectivity index (χ1n) is 9.45. The number of allylic oxidation sites excluding steroid dienone is 5. The zero-order valence-corrected chi connectivity index (χ0v) is 16.4. The van der Waals surface area contributed by atoms with Crippen molar-refractivity contribution in [3.8, 4) is 5.75 Å². The average Bonchev–Trinajstić information content (AvgIpc) is 2.65. The van der Waals surface area contributed by atoms with E-state index in [0.717, 1.165) is 33.4 Å². The lowest BCUT2D eigenvalue weighted by Gasteiger charge is -2.19. The molecule has 1 N–H and O–H groups in total. The minimum atomic E-state index is 0.0785. The van der Waals surface area contributed by atoms with Crippen molar-refractivity contribution in [3.63, 3.8) is 0 Å². The van der Waals surface area contributed by atoms with Crippen molar-refractivity contribution in [1.29, 1.82) is 0 Å². The van der Waals surface area contributed by atoms with Crippen LogP contribution in [-0.4, -0.2) is 10.9 Å². The number of carbonyl (C=O) groups is 1. The number of hydrogen-bond donors (Lipinski definition) is 1. The van der Waals surface area contributed by atoms with Gasteiger partial charge in [0.2, 0.25) is 0 Å². The Kier molecular flexibility index (Phi) is 5.46. The van der Waals surface area contributed by atoms with Gasteiger partial charge in [-0.2, -0.15) is 0 Å². The molecule has 3 rings (SSSR count). The lowest BCUT2D eigenvalue weighted by Crippen LogP contribution is -2.10. The summed E-state index contributed by atoms with van der Waals surface area (Å²) >= 11 is 0. The summed E-state index contributed by atoms with van der Waals surface area (Å²) in [5.74, 6) is 0.784. The van der Waals surface area contributed by atoms with Gasteiger partial charge in [-0.15, -0.1) is 0 Å². The van der Waals surface area contributed by atoms with Crippen molar-refractivity contribution in [2.75, 3.05) is 0 Å². The Morgan fingerprint density at radius 3 is 2.19 bits per heavy atom. The lowest BCUT2D eigenvalue weighted by atomic mass is 9.85. The Morgan fingerprint density at radius 2 is 1.56 bits per heavy atom. The quantitative estimate of drug-likeness (QED) is 0.723. The fourth-order valence-corrected chi connectivity index (χ4v) is 3.43. The van der Waals surface area contributed by atoms with E-state index < -0.39 is 0 Å². The maximum Gasteiger partial charge on any atom is 0.182 e. The molecule has 0 bridgehead atoms. The first kappa shape index (κ1) is 18.9. The highest BCUT2D eigenvalue weighted by Crippen LogP contribution is 2.35. The summed E-state index contributed by atoms with van der Waals surface area (Å²) in [7, 11) is 0. The minimum absolute atomic E-state index is 0.0785. The largest absolute Gasteiger partial charge is 0.508 e. The van der Waals surface area contributed by atoms with Crippen LogP contribution in [0, 0.1) is 5.92 Å². The monoisotopic (exact) mass is 358 g/mol. The number of hydrogen-bond acceptors (Lipinski definition) is 2. The molecule has 0 saturated heterocycles. The topological polar surface area (TPSA) is 37.3 Å². The van der Waals surface area contributed by atoms with Gasteiger partial charge >= 0.3 is 0 Å². The van der Waals surface area contributed by atoms with E-state index in [1.807, 2.05) is 50.3 Å². The number of aromatic hydroxyl groups is 1. The molecular weight excluding hydrogens is 332 g/mol. The number of ketones is 1. The fourth-order valence-electron chi connectivity index (χ4n) is 3.43. The van der Waals surface area contributed by atoms with Crippen molar-refractivity contribution < 1.29 is 9.90 Å². The molecule has 0 aromatic heterocycles. The predicted molar refractivity (Wildman–Crippen MR) is 112 cm³/mol. The molecular formula is C25H26O2. The molecule has 0 fully saturated rings. The van der Waals surface area contributed by atoms with Gasteiger partial charge in [0.05, 0.1) is 0 Å². The summed E-state index contributed by atoms with van der Waals surface area (Å²) in [6.07, 6.45) is 5.58. The average molecular weight is 358 g/mol. The molecule has 0 radical (unpaired) electrons. The van der Waals surface area contributed by atoms with E-state index in [1.165, 1.54) is 0 Å². The SMILES string of the molecule is CC(C)C1=C/C(=C(/c2ccccc2)c2ccc(O)c(C(C)C)c2)C=CC1=O. The van der Waals surface area contributed by atoms with Crippen LogP contribution in [0.4, 0.5) is 0 Å². The zero-order valence-electron chi connectivity index (χ0n) is 16.4. The lowest BCUT2D eigenvalue weighted by molar-refractivity contribution is -0.111. The molecule has 0 atom stereocenters. The number of phenols is 1. The zero-order chi connectivity index (χ0) is 19.6. The summed E-state index contributed by atoms with van der Waals surface area (Å²) in [4.78, 5) is 12.3. The van der Waals surface area contributed by atoms with Gasteiger partial charge in [0.15, 0.2) is 5.78 Å². The first-order chi connectivity index (χ1) is 12.9. The van der Waals surface area contributed by atoms with E-state index in [4.69, 9.17) is 0 Å². The van der Waals surface area contributed by atoms with E-state index in [2.05, 4.69) is 32.0 Å². The van der Waals surface area contributed by atoms with E-state index in [-0.39, 0.29) is 17.6 Å². The second-order valence-corrected chi connectivity index (χ2v) is 7.58. The Morgan fingerprint density at radius 1 is 0.852 bits per heavy atom. The molecule has 0 heterocycles. The van der Waals surface area contributed by atoms with Crippen molar-refractivity contribution in [1.82, 2.24) is 0 Å². The molecule has 0 spiro atoms. The van der Waals surface area contributed by atoms with Crippen LogP contribution in [0.2, 0.25) is 0 Å². The van der Waals surface area contributed by atoms with Gasteiger partial charge in [0.25, 0.3) is 0 Å².